The summed E-state index contributed by atoms with van der Waals surface area (Å²) in [5.41, 5.74) is 12.4. The number of terminal acetylenes is 1. The molecule has 5 heteroatoms. The van der Waals surface area contributed by atoms with Crippen molar-refractivity contribution in [1.82, 2.24) is 4.57 Å². The van der Waals surface area contributed by atoms with Crippen LogP contribution >= 0.6 is 0 Å². The molecule has 0 unspecified atom stereocenters. The molecule has 5 aromatic rings. The normalized spacial score (nSPS) is 13.4. The molecule has 2 heterocycles. The third-order valence-corrected chi connectivity index (χ3v) is 9.29. The van der Waals surface area contributed by atoms with Crippen molar-refractivity contribution in [2.75, 3.05) is 4.90 Å². The number of hydrogen-bond acceptors (Lipinski definition) is 4. The molecule has 0 saturated heterocycles. The van der Waals surface area contributed by atoms with Gasteiger partial charge in [0.05, 0.1) is 28.4 Å². The van der Waals surface area contributed by atoms with E-state index in [0.29, 0.717) is 23.3 Å². The maximum Gasteiger partial charge on any atom is 0.108 e. The molecule has 0 spiro atoms. The molecule has 1 aliphatic rings. The van der Waals surface area contributed by atoms with Crippen molar-refractivity contribution in [1.29, 1.82) is 15.8 Å². The molecule has 0 bridgehead atoms. The predicted octanol–water partition coefficient (Wildman–Crippen LogP) is 11.0. The van der Waals surface area contributed by atoms with Crippen LogP contribution in [-0.4, -0.2) is 4.57 Å². The summed E-state index contributed by atoms with van der Waals surface area (Å²) in [5.74, 6) is 2.48. The summed E-state index contributed by atoms with van der Waals surface area (Å²) in [6, 6.07) is 37.2. The topological polar surface area (TPSA) is 79.5 Å². The van der Waals surface area contributed by atoms with Crippen molar-refractivity contribution in [2.45, 2.75) is 27.2 Å². The highest BCUT2D eigenvalue weighted by atomic mass is 15.2. The second kappa shape index (κ2) is 15.1. The summed E-state index contributed by atoms with van der Waals surface area (Å²) in [6.45, 7) is 9.97. The van der Waals surface area contributed by atoms with Crippen LogP contribution in [0.4, 0.5) is 11.4 Å². The number of nitriles is 3. The Morgan fingerprint density at radius 3 is 2.27 bits per heavy atom. The molecule has 0 N–H and O–H groups in total. The predicted molar refractivity (Wildman–Crippen MR) is 212 cm³/mol. The molecule has 5 nitrogen and oxygen atoms in total. The highest BCUT2D eigenvalue weighted by Gasteiger charge is 2.28. The lowest BCUT2D eigenvalue weighted by Crippen LogP contribution is -2.24. The molecule has 0 saturated carbocycles. The second-order valence-corrected chi connectivity index (χ2v) is 12.2. The molecule has 0 fully saturated rings. The summed E-state index contributed by atoms with van der Waals surface area (Å²) in [5, 5.41) is 31.2. The average Bonchev–Trinajstić information content (AvgIpc) is 3.46. The van der Waals surface area contributed by atoms with Gasteiger partial charge in [0.2, 0.25) is 0 Å². The monoisotopic (exact) mass is 669 g/mol. The van der Waals surface area contributed by atoms with E-state index in [1.807, 2.05) is 93.6 Å². The fourth-order valence-electron chi connectivity index (χ4n) is 7.02. The first-order chi connectivity index (χ1) is 25.4. The zero-order valence-corrected chi connectivity index (χ0v) is 29.4. The highest BCUT2D eigenvalue weighted by molar-refractivity contribution is 5.94. The molecule has 52 heavy (non-hydrogen) atoms. The van der Waals surface area contributed by atoms with Gasteiger partial charge in [0, 0.05) is 45.7 Å². The fraction of sp³-hybridized carbons (Fsp3) is 0.0851. The van der Waals surface area contributed by atoms with Gasteiger partial charge in [-0.25, -0.2) is 0 Å². The Morgan fingerprint density at radius 1 is 0.865 bits per heavy atom. The molecule has 1 aromatic heterocycles. The molecule has 6 rings (SSSR count). The van der Waals surface area contributed by atoms with E-state index in [4.69, 9.17) is 6.42 Å². The maximum atomic E-state index is 11.0. The van der Waals surface area contributed by atoms with Gasteiger partial charge in [0.1, 0.15) is 17.7 Å². The summed E-state index contributed by atoms with van der Waals surface area (Å²) in [7, 11) is 0. The van der Waals surface area contributed by atoms with Gasteiger partial charge in [-0.15, -0.1) is 6.42 Å². The average molecular weight is 670 g/mol. The van der Waals surface area contributed by atoms with Crippen LogP contribution < -0.4 is 4.90 Å². The van der Waals surface area contributed by atoms with Gasteiger partial charge >= 0.3 is 0 Å². The third kappa shape index (κ3) is 6.17. The molecule has 0 aliphatic carbocycles. The Bertz CT molecular complexity index is 2560. The van der Waals surface area contributed by atoms with Crippen molar-refractivity contribution >= 4 is 33.9 Å². The Hall–Kier alpha value is -7.31. The molecular formula is C47H35N5. The van der Waals surface area contributed by atoms with E-state index < -0.39 is 0 Å². The third-order valence-electron chi connectivity index (χ3n) is 9.29. The van der Waals surface area contributed by atoms with Crippen LogP contribution in [0.2, 0.25) is 0 Å². The van der Waals surface area contributed by atoms with Gasteiger partial charge in [-0.2, -0.15) is 15.8 Å². The summed E-state index contributed by atoms with van der Waals surface area (Å²) >= 11 is 0. The Labute approximate surface area is 305 Å². The number of para-hydroxylation sites is 2. The summed E-state index contributed by atoms with van der Waals surface area (Å²) in [6.07, 6.45) is 17.6. The maximum absolute atomic E-state index is 11.0. The van der Waals surface area contributed by atoms with E-state index in [9.17, 15) is 15.8 Å². The smallest absolute Gasteiger partial charge is 0.108 e. The van der Waals surface area contributed by atoms with E-state index in [2.05, 4.69) is 82.6 Å². The van der Waals surface area contributed by atoms with E-state index in [1.165, 1.54) is 0 Å². The molecule has 248 valence electrons. The highest BCUT2D eigenvalue weighted by Crippen LogP contribution is 2.44. The van der Waals surface area contributed by atoms with Crippen molar-refractivity contribution in [3.05, 3.63) is 184 Å². The van der Waals surface area contributed by atoms with Gasteiger partial charge in [-0.3, -0.25) is 0 Å². The molecule has 4 aromatic carbocycles. The van der Waals surface area contributed by atoms with Crippen LogP contribution in [0, 0.1) is 53.3 Å². The van der Waals surface area contributed by atoms with Gasteiger partial charge in [-0.1, -0.05) is 85.3 Å². The molecule has 1 aliphatic heterocycles. The van der Waals surface area contributed by atoms with E-state index in [-0.39, 0.29) is 5.57 Å². The zero-order chi connectivity index (χ0) is 36.8. The van der Waals surface area contributed by atoms with Crippen molar-refractivity contribution in [3.8, 4) is 36.2 Å². The molecule has 0 radical (unpaired) electrons. The number of benzene rings is 4. The first-order valence-electron chi connectivity index (χ1n) is 16.9. The van der Waals surface area contributed by atoms with Crippen molar-refractivity contribution in [3.63, 3.8) is 0 Å². The van der Waals surface area contributed by atoms with Gasteiger partial charge < -0.3 is 9.47 Å². The first-order valence-corrected chi connectivity index (χ1v) is 16.9. The van der Waals surface area contributed by atoms with Crippen LogP contribution in [0.15, 0.2) is 150 Å². The minimum atomic E-state index is 0.266. The lowest BCUT2D eigenvalue weighted by molar-refractivity contribution is 1.05. The summed E-state index contributed by atoms with van der Waals surface area (Å²) < 4.78 is 2.17. The Balaban J connectivity index is 1.50. The van der Waals surface area contributed by atoms with E-state index >= 15 is 0 Å². The van der Waals surface area contributed by atoms with E-state index in [1.54, 1.807) is 12.2 Å². The Kier molecular flexibility index (Phi) is 10.0. The number of nitrogens with zero attached hydrogens (tertiary/aromatic N) is 5. The van der Waals surface area contributed by atoms with Crippen molar-refractivity contribution in [2.24, 2.45) is 0 Å². The minimum Gasteiger partial charge on any atom is -0.313 e. The summed E-state index contributed by atoms with van der Waals surface area (Å²) in [4.78, 5) is 2.13. The van der Waals surface area contributed by atoms with Crippen LogP contribution in [0.3, 0.4) is 0 Å². The van der Waals surface area contributed by atoms with Gasteiger partial charge in [0.15, 0.2) is 0 Å². The lowest BCUT2D eigenvalue weighted by atomic mass is 9.88. The van der Waals surface area contributed by atoms with Gasteiger partial charge in [0.25, 0.3) is 0 Å². The van der Waals surface area contributed by atoms with Crippen molar-refractivity contribution < 1.29 is 0 Å². The number of fused-ring (bicyclic) bond motifs is 3. The Morgan fingerprint density at radius 2 is 1.60 bits per heavy atom. The molecule has 0 amide bonds. The van der Waals surface area contributed by atoms with Gasteiger partial charge in [-0.05, 0) is 97.7 Å². The number of allylic oxidation sites excluding steroid dienone is 9. The molecule has 0 atom stereocenters. The standard InChI is InChI=1S/C47H35N5/c1-6-14-40(43(31-50)46(15-7-2)52-44-18-12-10-16-36(44)28-37-26-34(30-49)20-25-45(37)52)39(9-4)35-21-23-38(24-22-35)51-32(5)42(27-33(8-3)29-48)41-17-11-13-19-47(41)51/h3,6-7,9-27H,1,28H2,2,4-5H3/b15-7-,33-27+,39-9-,40-14+,46-43-. The number of anilines is 2. The number of hydrogen-bond donors (Lipinski definition) is 0. The lowest BCUT2D eigenvalue weighted by Gasteiger charge is -2.35. The zero-order valence-electron chi connectivity index (χ0n) is 29.4. The SMILES string of the molecule is C#C/C(C#N)=C\c1c(C)n(-c2ccc(C(=C/C)/C(=C\C=C)C(/C#N)=C(/C=C\C)N3c4ccccc4Cc4cc(C#N)ccc43)cc2)c2ccccc12. The fourth-order valence-corrected chi connectivity index (χ4v) is 7.02. The minimum absolute atomic E-state index is 0.266. The van der Waals surface area contributed by atoms with Crippen LogP contribution in [-0.2, 0) is 6.42 Å². The first kappa shape index (κ1) is 34.5. The number of aromatic nitrogens is 1. The van der Waals surface area contributed by atoms with Crippen LogP contribution in [0.1, 0.15) is 47.4 Å². The second-order valence-electron chi connectivity index (χ2n) is 12.2. The van der Waals surface area contributed by atoms with Crippen LogP contribution in [0.25, 0.3) is 28.2 Å². The van der Waals surface area contributed by atoms with Crippen LogP contribution in [0.5, 0.6) is 0 Å². The quantitative estimate of drug-likeness (QED) is 0.0935. The molecular weight excluding hydrogens is 635 g/mol. The largest absolute Gasteiger partial charge is 0.313 e. The number of rotatable bonds is 8. The van der Waals surface area contributed by atoms with E-state index in [0.717, 1.165) is 67.1 Å².